The molecule has 0 aliphatic rings. The van der Waals surface area contributed by atoms with Crippen LogP contribution in [0.1, 0.15) is 37.0 Å². The number of rotatable bonds is 12. The summed E-state index contributed by atoms with van der Waals surface area (Å²) >= 11 is 0. The summed E-state index contributed by atoms with van der Waals surface area (Å²) in [5.41, 5.74) is 3.89. The molecule has 0 bridgehead atoms. The van der Waals surface area contributed by atoms with Gasteiger partial charge in [0.2, 0.25) is 0 Å². The van der Waals surface area contributed by atoms with Crippen LogP contribution in [0.3, 0.4) is 0 Å². The Balaban J connectivity index is 2.60. The molecule has 0 saturated carbocycles. The number of aryl methyl sites for hydroxylation is 2. The van der Waals surface area contributed by atoms with Gasteiger partial charge in [-0.05, 0) is 37.3 Å². The van der Waals surface area contributed by atoms with Gasteiger partial charge in [0.15, 0.2) is 0 Å². The first-order valence-electron chi connectivity index (χ1n) is 8.95. The molecule has 4 heteroatoms. The van der Waals surface area contributed by atoms with Crippen LogP contribution in [0.5, 0.6) is 0 Å². The maximum absolute atomic E-state index is 10.3. The van der Waals surface area contributed by atoms with Crippen LogP contribution in [-0.4, -0.2) is 56.1 Å². The molecule has 1 aromatic rings. The first-order chi connectivity index (χ1) is 11.4. The van der Waals surface area contributed by atoms with Crippen molar-refractivity contribution in [3.63, 3.8) is 0 Å². The van der Waals surface area contributed by atoms with Crippen molar-refractivity contribution in [1.82, 2.24) is 4.90 Å². The van der Waals surface area contributed by atoms with Crippen molar-refractivity contribution in [2.45, 2.75) is 46.8 Å². The average Bonchev–Trinajstić information content (AvgIpc) is 2.50. The first kappa shape index (κ1) is 21.1. The number of aliphatic hydroxyl groups is 1. The Bertz CT molecular complexity index is 462. The highest BCUT2D eigenvalue weighted by atomic mass is 16.5. The molecule has 0 fully saturated rings. The van der Waals surface area contributed by atoms with Crippen molar-refractivity contribution in [3.05, 3.63) is 34.9 Å². The van der Waals surface area contributed by atoms with Crippen LogP contribution in [0.15, 0.2) is 18.2 Å². The lowest BCUT2D eigenvalue weighted by atomic mass is 10.0. The number of nitrogens with zero attached hydrogens (tertiary/aromatic N) is 1. The minimum Gasteiger partial charge on any atom is -0.389 e. The van der Waals surface area contributed by atoms with E-state index in [1.165, 1.54) is 16.7 Å². The zero-order valence-corrected chi connectivity index (χ0v) is 16.0. The minimum absolute atomic E-state index is 0.395. The molecule has 1 aromatic carbocycles. The molecule has 0 amide bonds. The second-order valence-corrected chi connectivity index (χ2v) is 7.10. The topological polar surface area (TPSA) is 41.9 Å². The maximum atomic E-state index is 10.3. The van der Waals surface area contributed by atoms with E-state index in [1.807, 2.05) is 0 Å². The molecule has 1 N–H and O–H groups in total. The van der Waals surface area contributed by atoms with Crippen molar-refractivity contribution in [2.24, 2.45) is 5.92 Å². The standard InChI is InChI=1S/C20H35NO3/c1-16(2)14-24-15-20(22)13-21(9-6-10-23-5)12-19-11-17(3)7-8-18(19)4/h7-8,11,16,20,22H,6,9-10,12-15H2,1-5H3/t20-/m0/s1. The van der Waals surface area contributed by atoms with Crippen LogP contribution >= 0.6 is 0 Å². The normalized spacial score (nSPS) is 13.0. The maximum Gasteiger partial charge on any atom is 0.0900 e. The number of hydrogen-bond donors (Lipinski definition) is 1. The lowest BCUT2D eigenvalue weighted by molar-refractivity contribution is 0.00578. The number of benzene rings is 1. The fourth-order valence-electron chi connectivity index (χ4n) is 2.67. The Labute approximate surface area is 147 Å². The van der Waals surface area contributed by atoms with E-state index >= 15 is 0 Å². The molecule has 0 saturated heterocycles. The highest BCUT2D eigenvalue weighted by molar-refractivity contribution is 5.30. The van der Waals surface area contributed by atoms with Crippen LogP contribution in [0.2, 0.25) is 0 Å². The van der Waals surface area contributed by atoms with E-state index in [2.05, 4.69) is 50.8 Å². The Morgan fingerprint density at radius 3 is 2.58 bits per heavy atom. The van der Waals surface area contributed by atoms with Crippen LogP contribution in [0.4, 0.5) is 0 Å². The van der Waals surface area contributed by atoms with Crippen molar-refractivity contribution in [3.8, 4) is 0 Å². The van der Waals surface area contributed by atoms with Gasteiger partial charge in [-0.1, -0.05) is 37.6 Å². The number of methoxy groups -OCH3 is 1. The quantitative estimate of drug-likeness (QED) is 0.595. The molecular formula is C20H35NO3. The number of hydrogen-bond acceptors (Lipinski definition) is 4. The van der Waals surface area contributed by atoms with E-state index in [9.17, 15) is 5.11 Å². The van der Waals surface area contributed by atoms with Gasteiger partial charge >= 0.3 is 0 Å². The van der Waals surface area contributed by atoms with E-state index in [4.69, 9.17) is 9.47 Å². The third-order valence-electron chi connectivity index (χ3n) is 3.95. The Hall–Kier alpha value is -0.940. The van der Waals surface area contributed by atoms with E-state index in [1.54, 1.807) is 7.11 Å². The van der Waals surface area contributed by atoms with E-state index in [0.717, 1.165) is 26.1 Å². The van der Waals surface area contributed by atoms with E-state index in [-0.39, 0.29) is 0 Å². The summed E-state index contributed by atoms with van der Waals surface area (Å²) in [4.78, 5) is 2.30. The molecule has 4 nitrogen and oxygen atoms in total. The van der Waals surface area contributed by atoms with Crippen molar-refractivity contribution in [2.75, 3.05) is 40.0 Å². The molecule has 1 rings (SSSR count). The molecule has 0 spiro atoms. The molecule has 1 atom stereocenters. The van der Waals surface area contributed by atoms with Gasteiger partial charge in [-0.2, -0.15) is 0 Å². The van der Waals surface area contributed by atoms with Gasteiger partial charge in [-0.25, -0.2) is 0 Å². The monoisotopic (exact) mass is 337 g/mol. The number of ether oxygens (including phenoxy) is 2. The Morgan fingerprint density at radius 2 is 1.92 bits per heavy atom. The third-order valence-corrected chi connectivity index (χ3v) is 3.95. The predicted octanol–water partition coefficient (Wildman–Crippen LogP) is 3.18. The number of aliphatic hydroxyl groups excluding tert-OH is 1. The highest BCUT2D eigenvalue weighted by Crippen LogP contribution is 2.14. The smallest absolute Gasteiger partial charge is 0.0900 e. The Kier molecular flexibility index (Phi) is 10.2. The third kappa shape index (κ3) is 8.78. The van der Waals surface area contributed by atoms with Gasteiger partial charge in [-0.15, -0.1) is 0 Å². The molecular weight excluding hydrogens is 302 g/mol. The highest BCUT2D eigenvalue weighted by Gasteiger charge is 2.14. The first-order valence-corrected chi connectivity index (χ1v) is 8.95. The lowest BCUT2D eigenvalue weighted by Gasteiger charge is -2.26. The second-order valence-electron chi connectivity index (χ2n) is 7.10. The fourth-order valence-corrected chi connectivity index (χ4v) is 2.67. The molecule has 138 valence electrons. The zero-order chi connectivity index (χ0) is 17.9. The van der Waals surface area contributed by atoms with Crippen molar-refractivity contribution >= 4 is 0 Å². The summed E-state index contributed by atoms with van der Waals surface area (Å²) in [5.74, 6) is 0.491. The largest absolute Gasteiger partial charge is 0.389 e. The minimum atomic E-state index is -0.462. The van der Waals surface area contributed by atoms with Gasteiger partial charge < -0.3 is 14.6 Å². The van der Waals surface area contributed by atoms with E-state index < -0.39 is 6.10 Å². The molecule has 0 aromatic heterocycles. The van der Waals surface area contributed by atoms with Crippen LogP contribution in [0, 0.1) is 19.8 Å². The Morgan fingerprint density at radius 1 is 1.17 bits per heavy atom. The summed E-state index contributed by atoms with van der Waals surface area (Å²) in [6.45, 7) is 12.7. The molecule has 0 aliphatic carbocycles. The molecule has 24 heavy (non-hydrogen) atoms. The van der Waals surface area contributed by atoms with Crippen LogP contribution < -0.4 is 0 Å². The van der Waals surface area contributed by atoms with Crippen molar-refractivity contribution < 1.29 is 14.6 Å². The summed E-state index contributed by atoms with van der Waals surface area (Å²) in [6.07, 6.45) is 0.498. The lowest BCUT2D eigenvalue weighted by Crippen LogP contribution is -2.36. The van der Waals surface area contributed by atoms with Crippen molar-refractivity contribution in [1.29, 1.82) is 0 Å². The second kappa shape index (κ2) is 11.6. The summed E-state index contributed by atoms with van der Waals surface area (Å²) in [6, 6.07) is 6.54. The molecule has 0 aliphatic heterocycles. The van der Waals surface area contributed by atoms with Crippen LogP contribution in [-0.2, 0) is 16.0 Å². The van der Waals surface area contributed by atoms with Crippen LogP contribution in [0.25, 0.3) is 0 Å². The van der Waals surface area contributed by atoms with Gasteiger partial charge in [0, 0.05) is 40.0 Å². The van der Waals surface area contributed by atoms with Gasteiger partial charge in [0.25, 0.3) is 0 Å². The van der Waals surface area contributed by atoms with Gasteiger partial charge in [0.1, 0.15) is 0 Å². The van der Waals surface area contributed by atoms with Gasteiger partial charge in [-0.3, -0.25) is 4.90 Å². The molecule has 0 heterocycles. The summed E-state index contributed by atoms with van der Waals surface area (Å²) in [5, 5.41) is 10.3. The van der Waals surface area contributed by atoms with E-state index in [0.29, 0.717) is 25.7 Å². The molecule has 0 unspecified atom stereocenters. The summed E-state index contributed by atoms with van der Waals surface area (Å²) in [7, 11) is 1.73. The van der Waals surface area contributed by atoms with Gasteiger partial charge in [0.05, 0.1) is 12.7 Å². The zero-order valence-electron chi connectivity index (χ0n) is 16.0. The summed E-state index contributed by atoms with van der Waals surface area (Å²) < 4.78 is 10.7. The SMILES string of the molecule is COCCCN(Cc1cc(C)ccc1C)C[C@H](O)COCC(C)C. The molecule has 0 radical (unpaired) electrons. The fraction of sp³-hybridized carbons (Fsp3) is 0.700. The predicted molar refractivity (Wildman–Crippen MR) is 99.3 cm³/mol. The average molecular weight is 338 g/mol.